The topological polar surface area (TPSA) is 16.3 Å². The van der Waals surface area contributed by atoms with Crippen LogP contribution in [0.15, 0.2) is 285 Å². The summed E-state index contributed by atoms with van der Waals surface area (Å²) in [5, 5.41) is 0.284. The van der Waals surface area contributed by atoms with E-state index in [0.29, 0.717) is 56.0 Å². The first-order valence-corrected chi connectivity index (χ1v) is 38.9. The molecule has 0 amide bonds. The second kappa shape index (κ2) is 24.1. The summed E-state index contributed by atoms with van der Waals surface area (Å²) in [6.45, 7) is 23.0. The van der Waals surface area contributed by atoms with Gasteiger partial charge in [-0.1, -0.05) is 0 Å². The molecule has 0 atom stereocenters. The Morgan fingerprint density at radius 3 is 1.08 bits per heavy atom. The van der Waals surface area contributed by atoms with Gasteiger partial charge in [-0.3, -0.25) is 0 Å². The Labute approximate surface area is 658 Å². The van der Waals surface area contributed by atoms with Crippen LogP contribution in [0.3, 0.4) is 0 Å². The average Bonchev–Trinajstić information content (AvgIpc) is 1.05. The Kier molecular flexibility index (Phi) is 10.7. The Bertz CT molecular complexity index is 7390. The fourth-order valence-corrected chi connectivity index (χ4v) is 20.2. The third-order valence-corrected chi connectivity index (χ3v) is 25.4. The summed E-state index contributed by atoms with van der Waals surface area (Å²) in [6.07, 6.45) is 0. The number of rotatable bonds is 8. The first-order chi connectivity index (χ1) is 59.4. The third-order valence-electron chi connectivity index (χ3n) is 20.8. The summed E-state index contributed by atoms with van der Waals surface area (Å²) >= 11 is -2.35. The molecular weight excluding hydrogens is 1400 g/mol. The van der Waals surface area contributed by atoms with Crippen LogP contribution in [0.2, 0.25) is 0 Å². The fraction of sp³-hybridized carbons (Fsp3) is 0.163. The van der Waals surface area contributed by atoms with Crippen LogP contribution in [0.25, 0.3) is 117 Å². The van der Waals surface area contributed by atoms with Crippen molar-refractivity contribution in [3.8, 4) is 55.9 Å². The molecular formula is C98H83BN4Se2. The molecule has 13 aromatic carbocycles. The monoisotopic (exact) mass is 1510 g/mol. The Morgan fingerprint density at radius 2 is 0.676 bits per heavy atom. The molecule has 2 aliphatic rings. The van der Waals surface area contributed by atoms with E-state index in [9.17, 15) is 26.0 Å². The van der Waals surface area contributed by atoms with Gasteiger partial charge in [0, 0.05) is 0 Å². The van der Waals surface area contributed by atoms with Gasteiger partial charge in [0.15, 0.2) is 0 Å². The predicted octanol–water partition coefficient (Wildman–Crippen LogP) is 24.2. The van der Waals surface area contributed by atoms with Gasteiger partial charge in [-0.15, -0.1) is 0 Å². The molecule has 0 saturated heterocycles. The van der Waals surface area contributed by atoms with Gasteiger partial charge < -0.3 is 0 Å². The number of anilines is 6. The Balaban J connectivity index is 1.09. The van der Waals surface area contributed by atoms with E-state index in [2.05, 4.69) is 98.7 Å². The van der Waals surface area contributed by atoms with Crippen LogP contribution in [-0.4, -0.2) is 44.9 Å². The first-order valence-electron chi connectivity index (χ1n) is 46.0. The zero-order valence-corrected chi connectivity index (χ0v) is 63.6. The van der Waals surface area contributed by atoms with Gasteiger partial charge in [-0.25, -0.2) is 0 Å². The molecule has 6 heterocycles. The SMILES string of the molecule is [2H]c1c([2H])c(-n2c3[se]c4c([2H])c([2H])c([2H])c([2H])c4c3c3c([2H])c([2H])c([2H])c([2H])c32)c([2H])c2c1B1c3c(cc(C(C)(C)C)cc3N(c3c(-c4ccccc4)cc(C(C)(C)C)cc3-c3ccccc3)c3c([2H])c(-n4c5[se]c6c([2H])c([2H])c(C(C)(C)C)c([2H])c6c5c5c([2H])c([2H])c([2H])c([2H])c54)c([2H])c([2H])c31)N2c1c(-c2ccccc2)cc(C(C)(C)C)cc1-c1ccccc1. The maximum atomic E-state index is 12.0. The summed E-state index contributed by atoms with van der Waals surface area (Å²) in [7, 11) is 0. The van der Waals surface area contributed by atoms with Crippen molar-refractivity contribution < 1.29 is 28.8 Å². The molecule has 0 unspecified atom stereocenters. The molecule has 19 rings (SSSR count). The van der Waals surface area contributed by atoms with Crippen molar-refractivity contribution in [1.29, 1.82) is 0 Å². The van der Waals surface area contributed by atoms with Crippen molar-refractivity contribution in [2.24, 2.45) is 0 Å². The van der Waals surface area contributed by atoms with Crippen LogP contribution in [0, 0.1) is 0 Å². The van der Waals surface area contributed by atoms with Gasteiger partial charge in [-0.05, 0) is 0 Å². The van der Waals surface area contributed by atoms with Gasteiger partial charge in [0.1, 0.15) is 0 Å². The third kappa shape index (κ3) is 10.5. The molecule has 4 nitrogen and oxygen atoms in total. The van der Waals surface area contributed by atoms with Crippen LogP contribution < -0.4 is 26.2 Å². The fourth-order valence-electron chi connectivity index (χ4n) is 15.4. The predicted molar refractivity (Wildman–Crippen MR) is 455 cm³/mol. The standard InChI is InChI=1S/C98H83BN4Se2/c1-95(2,3)64-45-50-87-77(51-64)89-71-40-26-29-43-81(71)101(94(89)105-87)69-47-49-79-83(59-69)103(92-75(62-35-21-15-22-36-62)54-66(97(7,8)9)55-76(92)63-37-23-16-24-38-63)85-57-67(98(10,11)12)56-84-90(85)99(79)78-48-46-68(100-80-42-28-25-39-70(80)88-72-41-27-30-44-86(72)104-93(88)100)58-82(78)102(84)91-73(60-31-17-13-18-32-60)52-65(96(4,5)6)53-74(91)61-33-19-14-20-34-61/h13-59H,1-12H3/i25D,26D,27D,28D,29D,30D,39D,40D,41D,42D,43D,44D,45D,46D,47D,48D,49D,50D,51D,58D,59D. The number of fused-ring (bicyclic) bond motifs is 14. The van der Waals surface area contributed by atoms with E-state index in [4.69, 9.17) is 2.74 Å². The molecule has 17 aromatic rings. The van der Waals surface area contributed by atoms with E-state index in [1.807, 2.05) is 152 Å². The van der Waals surface area contributed by atoms with Crippen LogP contribution in [-0.2, 0) is 21.7 Å². The van der Waals surface area contributed by atoms with Crippen molar-refractivity contribution in [2.45, 2.75) is 105 Å². The number of benzene rings is 13. The minimum absolute atomic E-state index is 0.00777. The Morgan fingerprint density at radius 1 is 0.324 bits per heavy atom. The van der Waals surface area contributed by atoms with E-state index in [1.165, 1.54) is 9.13 Å². The van der Waals surface area contributed by atoms with Crippen molar-refractivity contribution >= 4 is 147 Å². The van der Waals surface area contributed by atoms with Gasteiger partial charge in [0.2, 0.25) is 0 Å². The minimum atomic E-state index is -1.55. The number of hydrogen-bond donors (Lipinski definition) is 0. The van der Waals surface area contributed by atoms with Crippen LogP contribution >= 0.6 is 0 Å². The van der Waals surface area contributed by atoms with Crippen molar-refractivity contribution in [3.63, 3.8) is 0 Å². The molecule has 2 aliphatic heterocycles. The summed E-state index contributed by atoms with van der Waals surface area (Å²) in [5.74, 6) is 0. The van der Waals surface area contributed by atoms with E-state index in [-0.39, 0.29) is 124 Å². The summed E-state index contributed by atoms with van der Waals surface area (Å²) in [6, 6.07) is 41.7. The van der Waals surface area contributed by atoms with Crippen LogP contribution in [0.1, 0.15) is 134 Å². The molecule has 7 heteroatoms. The van der Waals surface area contributed by atoms with E-state index in [0.717, 1.165) is 33.4 Å². The summed E-state index contributed by atoms with van der Waals surface area (Å²) in [5.41, 5.74) is 6.55. The quantitative estimate of drug-likeness (QED) is 0.141. The summed E-state index contributed by atoms with van der Waals surface area (Å²) in [4.78, 5) is 3.99. The zero-order valence-electron chi connectivity index (χ0n) is 81.2. The van der Waals surface area contributed by atoms with Crippen LogP contribution in [0.4, 0.5) is 34.1 Å². The van der Waals surface area contributed by atoms with E-state index >= 15 is 0 Å². The molecule has 0 spiro atoms. The van der Waals surface area contributed by atoms with E-state index in [1.54, 1.807) is 0 Å². The zero-order chi connectivity index (χ0) is 90.0. The number of hydrogen-bond acceptors (Lipinski definition) is 2. The molecule has 0 N–H and O–H groups in total. The molecule has 510 valence electrons. The Hall–Kier alpha value is -10.4. The summed E-state index contributed by atoms with van der Waals surface area (Å²) < 4.78 is 218. The van der Waals surface area contributed by atoms with Gasteiger partial charge in [0.05, 0.1) is 0 Å². The first kappa shape index (κ1) is 46.5. The molecule has 0 radical (unpaired) electrons. The molecule has 0 fully saturated rings. The second-order valence-electron chi connectivity index (χ2n) is 31.6. The maximum absolute atomic E-state index is 12.0. The molecule has 0 bridgehead atoms. The van der Waals surface area contributed by atoms with Gasteiger partial charge in [0.25, 0.3) is 0 Å². The molecule has 4 aromatic heterocycles. The average molecular weight is 1510 g/mol. The normalized spacial score (nSPS) is 16.1. The van der Waals surface area contributed by atoms with Gasteiger partial charge in [-0.2, -0.15) is 0 Å². The van der Waals surface area contributed by atoms with E-state index < -0.39 is 160 Å². The molecule has 0 saturated carbocycles. The number of nitrogens with zero attached hydrogens (tertiary/aromatic N) is 4. The number of para-hydroxylation sites is 2. The van der Waals surface area contributed by atoms with Crippen molar-refractivity contribution in [3.05, 3.63) is 307 Å². The van der Waals surface area contributed by atoms with Crippen LogP contribution in [0.5, 0.6) is 0 Å². The molecule has 105 heavy (non-hydrogen) atoms. The molecule has 0 aliphatic carbocycles. The second-order valence-corrected chi connectivity index (χ2v) is 35.8. The number of aromatic nitrogens is 2. The van der Waals surface area contributed by atoms with Crippen molar-refractivity contribution in [2.75, 3.05) is 9.80 Å². The van der Waals surface area contributed by atoms with Crippen molar-refractivity contribution in [1.82, 2.24) is 9.13 Å². The van der Waals surface area contributed by atoms with Gasteiger partial charge >= 0.3 is 662 Å².